The molecule has 2 aromatic rings. The molecule has 0 saturated carbocycles. The van der Waals surface area contributed by atoms with E-state index in [-0.39, 0.29) is 22.8 Å². The lowest BCUT2D eigenvalue weighted by Gasteiger charge is -2.14. The van der Waals surface area contributed by atoms with Crippen molar-refractivity contribution in [1.29, 1.82) is 0 Å². The van der Waals surface area contributed by atoms with Crippen molar-refractivity contribution >= 4 is 23.3 Å². The average Bonchev–Trinajstić information content (AvgIpc) is 2.42. The topological polar surface area (TPSA) is 68.0 Å². The third-order valence-electron chi connectivity index (χ3n) is 2.78. The van der Waals surface area contributed by atoms with E-state index in [1.54, 1.807) is 0 Å². The molecular weight excluding hydrogens is 262 g/mol. The molecule has 2 rings (SSSR count). The Balaban J connectivity index is 2.11. The van der Waals surface area contributed by atoms with Crippen LogP contribution in [0.1, 0.15) is 28.9 Å². The Labute approximate surface area is 116 Å². The second kappa shape index (κ2) is 5.71. The number of hydrogen-bond acceptors (Lipinski definition) is 3. The minimum atomic E-state index is -0.231. The summed E-state index contributed by atoms with van der Waals surface area (Å²) in [6, 6.07) is 11.1. The molecule has 0 aliphatic heterocycles. The van der Waals surface area contributed by atoms with Crippen LogP contribution in [-0.4, -0.2) is 10.9 Å². The van der Waals surface area contributed by atoms with E-state index < -0.39 is 0 Å². The zero-order valence-electron chi connectivity index (χ0n) is 10.4. The fourth-order valence-electron chi connectivity index (χ4n) is 1.68. The zero-order valence-corrected chi connectivity index (χ0v) is 11.2. The molecule has 0 fully saturated rings. The summed E-state index contributed by atoms with van der Waals surface area (Å²) in [7, 11) is 0. The highest BCUT2D eigenvalue weighted by Gasteiger charge is 2.12. The smallest absolute Gasteiger partial charge is 0.253 e. The predicted molar refractivity (Wildman–Crippen MR) is 76.0 cm³/mol. The fraction of sp³-hybridized carbons (Fsp3) is 0.143. The number of nitrogens with zero attached hydrogens (tertiary/aromatic N) is 1. The number of carbonyl (C=O) groups is 1. The summed E-state index contributed by atoms with van der Waals surface area (Å²) in [4.78, 5) is 15.9. The highest BCUT2D eigenvalue weighted by atomic mass is 35.5. The predicted octanol–water partition coefficient (Wildman–Crippen LogP) is 2.81. The minimum absolute atomic E-state index is 0.0926. The number of carbonyl (C=O) groups excluding carboxylic acids is 1. The first-order valence-corrected chi connectivity index (χ1v) is 6.22. The number of aromatic nitrogens is 1. The maximum absolute atomic E-state index is 12.0. The SMILES string of the molecule is CC(NC(=O)c1cnc(N)c(Cl)c1)c1ccccc1. The number of hydrogen-bond donors (Lipinski definition) is 2. The van der Waals surface area contributed by atoms with Gasteiger partial charge in [0.05, 0.1) is 16.6 Å². The van der Waals surface area contributed by atoms with Gasteiger partial charge in [0.2, 0.25) is 0 Å². The summed E-state index contributed by atoms with van der Waals surface area (Å²) < 4.78 is 0. The van der Waals surface area contributed by atoms with Gasteiger partial charge in [0.25, 0.3) is 5.91 Å². The lowest BCUT2D eigenvalue weighted by atomic mass is 10.1. The van der Waals surface area contributed by atoms with Gasteiger partial charge in [-0.05, 0) is 18.6 Å². The number of benzene rings is 1. The van der Waals surface area contributed by atoms with E-state index in [1.807, 2.05) is 37.3 Å². The molecule has 19 heavy (non-hydrogen) atoms. The molecule has 1 atom stereocenters. The maximum Gasteiger partial charge on any atom is 0.253 e. The number of nitrogens with one attached hydrogen (secondary N) is 1. The van der Waals surface area contributed by atoms with Gasteiger partial charge in [0.15, 0.2) is 0 Å². The summed E-state index contributed by atoms with van der Waals surface area (Å²) in [6.45, 7) is 1.92. The van der Waals surface area contributed by atoms with Crippen LogP contribution in [0.2, 0.25) is 5.02 Å². The van der Waals surface area contributed by atoms with Crippen molar-refractivity contribution in [1.82, 2.24) is 10.3 Å². The number of amides is 1. The van der Waals surface area contributed by atoms with Gasteiger partial charge in [-0.1, -0.05) is 41.9 Å². The van der Waals surface area contributed by atoms with Crippen molar-refractivity contribution in [3.63, 3.8) is 0 Å². The number of rotatable bonds is 3. The van der Waals surface area contributed by atoms with Crippen LogP contribution >= 0.6 is 11.6 Å². The van der Waals surface area contributed by atoms with Gasteiger partial charge >= 0.3 is 0 Å². The molecule has 0 spiro atoms. The van der Waals surface area contributed by atoms with Crippen LogP contribution in [0.5, 0.6) is 0 Å². The number of nitrogen functional groups attached to an aromatic ring is 1. The third kappa shape index (κ3) is 3.23. The Morgan fingerprint density at radius 3 is 2.68 bits per heavy atom. The summed E-state index contributed by atoms with van der Waals surface area (Å²) in [5, 5.41) is 3.16. The van der Waals surface area contributed by atoms with Crippen LogP contribution in [0, 0.1) is 0 Å². The number of halogens is 1. The molecule has 5 heteroatoms. The highest BCUT2D eigenvalue weighted by Crippen LogP contribution is 2.18. The Bertz CT molecular complexity index is 586. The molecule has 0 bridgehead atoms. The van der Waals surface area contributed by atoms with Gasteiger partial charge in [-0.2, -0.15) is 0 Å². The fourth-order valence-corrected chi connectivity index (χ4v) is 1.84. The highest BCUT2D eigenvalue weighted by molar-refractivity contribution is 6.33. The van der Waals surface area contributed by atoms with Crippen LogP contribution in [0.15, 0.2) is 42.6 Å². The molecule has 3 N–H and O–H groups in total. The van der Waals surface area contributed by atoms with E-state index in [1.165, 1.54) is 12.3 Å². The summed E-state index contributed by atoms with van der Waals surface area (Å²) in [5.74, 6) is -0.0138. The minimum Gasteiger partial charge on any atom is -0.382 e. The molecule has 0 aliphatic rings. The van der Waals surface area contributed by atoms with Gasteiger partial charge in [-0.3, -0.25) is 4.79 Å². The monoisotopic (exact) mass is 275 g/mol. The van der Waals surface area contributed by atoms with Crippen LogP contribution in [-0.2, 0) is 0 Å². The molecule has 0 radical (unpaired) electrons. The van der Waals surface area contributed by atoms with E-state index in [4.69, 9.17) is 17.3 Å². The number of anilines is 1. The van der Waals surface area contributed by atoms with Gasteiger partial charge < -0.3 is 11.1 Å². The van der Waals surface area contributed by atoms with Gasteiger partial charge in [-0.15, -0.1) is 0 Å². The van der Waals surface area contributed by atoms with E-state index in [2.05, 4.69) is 10.3 Å². The summed E-state index contributed by atoms with van der Waals surface area (Å²) in [6.07, 6.45) is 1.41. The molecule has 1 aromatic heterocycles. The Hall–Kier alpha value is -2.07. The second-order valence-electron chi connectivity index (χ2n) is 4.20. The molecule has 1 aromatic carbocycles. The Morgan fingerprint density at radius 1 is 1.37 bits per heavy atom. The van der Waals surface area contributed by atoms with E-state index >= 15 is 0 Å². The molecule has 4 nitrogen and oxygen atoms in total. The standard InChI is InChI=1S/C14H14ClN3O/c1-9(10-5-3-2-4-6-10)18-14(19)11-7-12(15)13(16)17-8-11/h2-9H,1H3,(H2,16,17)(H,18,19). The third-order valence-corrected chi connectivity index (χ3v) is 3.08. The van der Waals surface area contributed by atoms with Crippen LogP contribution < -0.4 is 11.1 Å². The van der Waals surface area contributed by atoms with Gasteiger partial charge in [0.1, 0.15) is 5.82 Å². The van der Waals surface area contributed by atoms with E-state index in [9.17, 15) is 4.79 Å². The summed E-state index contributed by atoms with van der Waals surface area (Å²) in [5.41, 5.74) is 6.93. The molecular formula is C14H14ClN3O. The first-order chi connectivity index (χ1) is 9.08. The molecule has 0 aliphatic carbocycles. The first-order valence-electron chi connectivity index (χ1n) is 5.84. The number of nitrogens with two attached hydrogens (primary N) is 1. The van der Waals surface area contributed by atoms with Crippen molar-refractivity contribution in [2.45, 2.75) is 13.0 Å². The van der Waals surface area contributed by atoms with Crippen LogP contribution in [0.3, 0.4) is 0 Å². The maximum atomic E-state index is 12.0. The van der Waals surface area contributed by atoms with E-state index in [0.29, 0.717) is 5.56 Å². The van der Waals surface area contributed by atoms with Crippen LogP contribution in [0.25, 0.3) is 0 Å². The lowest BCUT2D eigenvalue weighted by Crippen LogP contribution is -2.26. The van der Waals surface area contributed by atoms with Gasteiger partial charge in [0, 0.05) is 6.20 Å². The van der Waals surface area contributed by atoms with E-state index in [0.717, 1.165) is 5.56 Å². The van der Waals surface area contributed by atoms with Crippen molar-refractivity contribution in [2.24, 2.45) is 0 Å². The summed E-state index contributed by atoms with van der Waals surface area (Å²) >= 11 is 5.84. The first kappa shape index (κ1) is 13.4. The van der Waals surface area contributed by atoms with Crippen LogP contribution in [0.4, 0.5) is 5.82 Å². The molecule has 98 valence electrons. The Morgan fingerprint density at radius 2 is 2.05 bits per heavy atom. The number of pyridine rings is 1. The average molecular weight is 276 g/mol. The molecule has 1 amide bonds. The second-order valence-corrected chi connectivity index (χ2v) is 4.60. The Kier molecular flexibility index (Phi) is 4.02. The van der Waals surface area contributed by atoms with Gasteiger partial charge in [-0.25, -0.2) is 4.98 Å². The van der Waals surface area contributed by atoms with Crippen molar-refractivity contribution < 1.29 is 4.79 Å². The molecule has 1 heterocycles. The van der Waals surface area contributed by atoms with Crippen molar-refractivity contribution in [3.8, 4) is 0 Å². The normalized spacial score (nSPS) is 11.9. The van der Waals surface area contributed by atoms with Crippen molar-refractivity contribution in [2.75, 3.05) is 5.73 Å². The zero-order chi connectivity index (χ0) is 13.8. The molecule has 1 unspecified atom stereocenters. The lowest BCUT2D eigenvalue weighted by molar-refractivity contribution is 0.0939. The largest absolute Gasteiger partial charge is 0.382 e. The quantitative estimate of drug-likeness (QED) is 0.905. The van der Waals surface area contributed by atoms with Crippen molar-refractivity contribution in [3.05, 3.63) is 58.7 Å². The molecule has 0 saturated heterocycles.